The highest BCUT2D eigenvalue weighted by Crippen LogP contribution is 2.22. The first-order valence-electron chi connectivity index (χ1n) is 5.44. The number of phenols is 1. The summed E-state index contributed by atoms with van der Waals surface area (Å²) in [5, 5.41) is 14.8. The zero-order valence-electron chi connectivity index (χ0n) is 10.3. The number of hydrogen-bond acceptors (Lipinski definition) is 4. The topological polar surface area (TPSA) is 87.7 Å². The first-order valence-corrected chi connectivity index (χ1v) is 5.44. The molecule has 18 heavy (non-hydrogen) atoms. The van der Waals surface area contributed by atoms with Gasteiger partial charge in [0.25, 0.3) is 5.91 Å². The van der Waals surface area contributed by atoms with E-state index in [1.54, 1.807) is 6.07 Å². The highest BCUT2D eigenvalue weighted by atomic mass is 16.5. The highest BCUT2D eigenvalue weighted by molar-refractivity contribution is 5.97. The minimum absolute atomic E-state index is 0.147. The Bertz CT molecular complexity index is 446. The van der Waals surface area contributed by atoms with Crippen LogP contribution < -0.4 is 15.4 Å². The van der Waals surface area contributed by atoms with Crippen molar-refractivity contribution in [2.45, 2.75) is 6.92 Å². The number of ether oxygens (including phenoxy) is 1. The van der Waals surface area contributed by atoms with Crippen LogP contribution in [0.25, 0.3) is 0 Å². The lowest BCUT2D eigenvalue weighted by atomic mass is 10.2. The van der Waals surface area contributed by atoms with E-state index in [-0.39, 0.29) is 17.2 Å². The van der Waals surface area contributed by atoms with Crippen molar-refractivity contribution in [1.82, 2.24) is 10.6 Å². The van der Waals surface area contributed by atoms with E-state index in [4.69, 9.17) is 4.74 Å². The van der Waals surface area contributed by atoms with Crippen molar-refractivity contribution in [3.8, 4) is 11.5 Å². The van der Waals surface area contributed by atoms with Crippen LogP contribution in [0.2, 0.25) is 0 Å². The Morgan fingerprint density at radius 3 is 2.50 bits per heavy atom. The van der Waals surface area contributed by atoms with Crippen LogP contribution in [0.15, 0.2) is 18.2 Å². The number of carbonyl (C=O) groups excluding carboxylic acids is 2. The van der Waals surface area contributed by atoms with Crippen LogP contribution >= 0.6 is 0 Å². The zero-order valence-corrected chi connectivity index (χ0v) is 10.3. The van der Waals surface area contributed by atoms with Gasteiger partial charge in [-0.2, -0.15) is 0 Å². The number of rotatable bonds is 5. The quantitative estimate of drug-likeness (QED) is 0.656. The minimum Gasteiger partial charge on any atom is -0.507 e. The van der Waals surface area contributed by atoms with Gasteiger partial charge < -0.3 is 20.5 Å². The van der Waals surface area contributed by atoms with Crippen LogP contribution in [0.1, 0.15) is 17.3 Å². The van der Waals surface area contributed by atoms with Crippen LogP contribution in [-0.4, -0.2) is 37.1 Å². The Balaban J connectivity index is 2.54. The Hall–Kier alpha value is -2.24. The van der Waals surface area contributed by atoms with Crippen LogP contribution in [0.3, 0.4) is 0 Å². The molecule has 0 aliphatic rings. The van der Waals surface area contributed by atoms with Gasteiger partial charge in [-0.1, -0.05) is 0 Å². The number of methoxy groups -OCH3 is 1. The normalized spacial score (nSPS) is 9.67. The SMILES string of the molecule is COc1ccc(C(=O)NCCNC(C)=O)c(O)c1. The van der Waals surface area contributed by atoms with E-state index >= 15 is 0 Å². The number of phenolic OH excluding ortho intramolecular Hbond substituents is 1. The van der Waals surface area contributed by atoms with Gasteiger partial charge in [-0.3, -0.25) is 9.59 Å². The second-order valence-corrected chi connectivity index (χ2v) is 3.62. The Morgan fingerprint density at radius 1 is 1.28 bits per heavy atom. The zero-order chi connectivity index (χ0) is 13.5. The third-order valence-corrected chi connectivity index (χ3v) is 2.23. The van der Waals surface area contributed by atoms with Crippen LogP contribution in [0.5, 0.6) is 11.5 Å². The molecular formula is C12H16N2O4. The molecule has 0 unspecified atom stereocenters. The van der Waals surface area contributed by atoms with Crippen LogP contribution in [-0.2, 0) is 4.79 Å². The molecule has 0 aromatic heterocycles. The molecule has 0 aliphatic heterocycles. The molecule has 6 heteroatoms. The summed E-state index contributed by atoms with van der Waals surface area (Å²) < 4.78 is 4.92. The summed E-state index contributed by atoms with van der Waals surface area (Å²) in [6, 6.07) is 4.42. The van der Waals surface area contributed by atoms with Crippen LogP contribution in [0, 0.1) is 0 Å². The van der Waals surface area contributed by atoms with E-state index in [1.165, 1.54) is 26.2 Å². The monoisotopic (exact) mass is 252 g/mol. The lowest BCUT2D eigenvalue weighted by molar-refractivity contribution is -0.118. The molecule has 0 saturated carbocycles. The van der Waals surface area contributed by atoms with E-state index in [9.17, 15) is 14.7 Å². The third-order valence-electron chi connectivity index (χ3n) is 2.23. The molecule has 98 valence electrons. The van der Waals surface area contributed by atoms with Crippen molar-refractivity contribution in [2.24, 2.45) is 0 Å². The molecule has 0 saturated heterocycles. The summed E-state index contributed by atoms with van der Waals surface area (Å²) in [4.78, 5) is 22.3. The number of nitrogens with one attached hydrogen (secondary N) is 2. The largest absolute Gasteiger partial charge is 0.507 e. The minimum atomic E-state index is -0.402. The second-order valence-electron chi connectivity index (χ2n) is 3.62. The molecular weight excluding hydrogens is 236 g/mol. The molecule has 0 atom stereocenters. The van der Waals surface area contributed by atoms with Gasteiger partial charge in [0.1, 0.15) is 11.5 Å². The Morgan fingerprint density at radius 2 is 1.94 bits per heavy atom. The smallest absolute Gasteiger partial charge is 0.255 e. The molecule has 0 bridgehead atoms. The second kappa shape index (κ2) is 6.48. The highest BCUT2D eigenvalue weighted by Gasteiger charge is 2.11. The van der Waals surface area contributed by atoms with Gasteiger partial charge >= 0.3 is 0 Å². The summed E-state index contributed by atoms with van der Waals surface area (Å²) in [5.41, 5.74) is 0.165. The van der Waals surface area contributed by atoms with Gasteiger partial charge in [0.05, 0.1) is 12.7 Å². The molecule has 6 nitrogen and oxygen atoms in total. The third kappa shape index (κ3) is 3.97. The molecule has 0 aliphatic carbocycles. The van der Waals surface area contributed by atoms with Gasteiger partial charge in [0.15, 0.2) is 0 Å². The van der Waals surface area contributed by atoms with Crippen molar-refractivity contribution in [2.75, 3.05) is 20.2 Å². The predicted molar refractivity (Wildman–Crippen MR) is 65.7 cm³/mol. The lowest BCUT2D eigenvalue weighted by Crippen LogP contribution is -2.33. The summed E-state index contributed by atoms with van der Waals surface area (Å²) in [6.07, 6.45) is 0. The fraction of sp³-hybridized carbons (Fsp3) is 0.333. The van der Waals surface area contributed by atoms with E-state index in [2.05, 4.69) is 10.6 Å². The van der Waals surface area contributed by atoms with Crippen molar-refractivity contribution >= 4 is 11.8 Å². The van der Waals surface area contributed by atoms with E-state index < -0.39 is 5.91 Å². The fourth-order valence-corrected chi connectivity index (χ4v) is 1.34. The van der Waals surface area contributed by atoms with Gasteiger partial charge in [0, 0.05) is 26.1 Å². The molecule has 0 fully saturated rings. The van der Waals surface area contributed by atoms with Gasteiger partial charge in [-0.15, -0.1) is 0 Å². The first kappa shape index (κ1) is 13.8. The number of benzene rings is 1. The fourth-order valence-electron chi connectivity index (χ4n) is 1.34. The molecule has 0 heterocycles. The van der Waals surface area contributed by atoms with Crippen LogP contribution in [0.4, 0.5) is 0 Å². The number of aromatic hydroxyl groups is 1. The maximum absolute atomic E-state index is 11.7. The maximum atomic E-state index is 11.7. The van der Waals surface area contributed by atoms with Crippen molar-refractivity contribution in [1.29, 1.82) is 0 Å². The van der Waals surface area contributed by atoms with E-state index in [1.807, 2.05) is 0 Å². The Labute approximate surface area is 105 Å². The average Bonchev–Trinajstić information content (AvgIpc) is 2.33. The average molecular weight is 252 g/mol. The van der Waals surface area contributed by atoms with Crippen molar-refractivity contribution < 1.29 is 19.4 Å². The van der Waals surface area contributed by atoms with E-state index in [0.717, 1.165) is 0 Å². The molecule has 1 rings (SSSR count). The molecule has 3 N–H and O–H groups in total. The Kier molecular flexibility index (Phi) is 4.98. The van der Waals surface area contributed by atoms with E-state index in [0.29, 0.717) is 18.8 Å². The summed E-state index contributed by atoms with van der Waals surface area (Å²) in [6.45, 7) is 2.04. The predicted octanol–water partition coefficient (Wildman–Crippen LogP) is 0.267. The van der Waals surface area contributed by atoms with Crippen molar-refractivity contribution in [3.63, 3.8) is 0 Å². The van der Waals surface area contributed by atoms with Gasteiger partial charge in [0.2, 0.25) is 5.91 Å². The van der Waals surface area contributed by atoms with Gasteiger partial charge in [-0.25, -0.2) is 0 Å². The summed E-state index contributed by atoms with van der Waals surface area (Å²) in [5.74, 6) is -0.231. The molecule has 0 spiro atoms. The van der Waals surface area contributed by atoms with Gasteiger partial charge in [-0.05, 0) is 12.1 Å². The number of carbonyl (C=O) groups is 2. The summed E-state index contributed by atoms with van der Waals surface area (Å²) >= 11 is 0. The first-order chi connectivity index (χ1) is 8.54. The lowest BCUT2D eigenvalue weighted by Gasteiger charge is -2.08. The van der Waals surface area contributed by atoms with Crippen molar-refractivity contribution in [3.05, 3.63) is 23.8 Å². The standard InChI is InChI=1S/C12H16N2O4/c1-8(15)13-5-6-14-12(17)10-4-3-9(18-2)7-11(10)16/h3-4,7,16H,5-6H2,1-2H3,(H,13,15)(H,14,17). The molecule has 1 aromatic carbocycles. The molecule has 0 radical (unpaired) electrons. The molecule has 1 aromatic rings. The summed E-state index contributed by atoms with van der Waals surface area (Å²) in [7, 11) is 1.47. The molecule has 2 amide bonds. The number of amides is 2. The maximum Gasteiger partial charge on any atom is 0.255 e. The number of hydrogen-bond donors (Lipinski definition) is 3.